The topological polar surface area (TPSA) is 60.7 Å². The highest BCUT2D eigenvalue weighted by Crippen LogP contribution is 2.17. The van der Waals surface area contributed by atoms with Crippen LogP contribution in [-0.2, 0) is 6.42 Å². The largest absolute Gasteiger partial charge is 0.370 e. The Morgan fingerprint density at radius 1 is 1.10 bits per heavy atom. The predicted octanol–water partition coefficient (Wildman–Crippen LogP) is 3.71. The van der Waals surface area contributed by atoms with Crippen molar-refractivity contribution in [1.82, 2.24) is 4.98 Å². The third-order valence-corrected chi connectivity index (χ3v) is 2.81. The van der Waals surface area contributed by atoms with E-state index in [0.717, 1.165) is 35.9 Å². The quantitative estimate of drug-likeness (QED) is 0.836. The molecule has 4 nitrogen and oxygen atoms in total. The lowest BCUT2D eigenvalue weighted by molar-refractivity contribution is 0.970. The standard InChI is InChI=1S/C16H18N4/c1-2-12-18-15-4-3-5-16(20-15)19-14-8-6-13(7-9-14)10-11-17/h3-9H,2,10,12H2,1H3,(H2,18,19,20). The third kappa shape index (κ3) is 3.99. The summed E-state index contributed by atoms with van der Waals surface area (Å²) in [5.41, 5.74) is 1.98. The summed E-state index contributed by atoms with van der Waals surface area (Å²) in [7, 11) is 0. The van der Waals surface area contributed by atoms with Crippen molar-refractivity contribution in [2.24, 2.45) is 0 Å². The van der Waals surface area contributed by atoms with Gasteiger partial charge in [0.2, 0.25) is 0 Å². The molecule has 20 heavy (non-hydrogen) atoms. The molecule has 0 amide bonds. The fourth-order valence-corrected chi connectivity index (χ4v) is 1.80. The Morgan fingerprint density at radius 2 is 1.85 bits per heavy atom. The zero-order valence-corrected chi connectivity index (χ0v) is 11.6. The number of nitrogens with one attached hydrogen (secondary N) is 2. The lowest BCUT2D eigenvalue weighted by Crippen LogP contribution is -2.03. The van der Waals surface area contributed by atoms with Crippen molar-refractivity contribution < 1.29 is 0 Å². The van der Waals surface area contributed by atoms with Crippen LogP contribution >= 0.6 is 0 Å². The summed E-state index contributed by atoms with van der Waals surface area (Å²) in [4.78, 5) is 4.49. The van der Waals surface area contributed by atoms with Gasteiger partial charge in [-0.05, 0) is 36.2 Å². The minimum absolute atomic E-state index is 0.439. The van der Waals surface area contributed by atoms with Crippen molar-refractivity contribution in [1.29, 1.82) is 5.26 Å². The first-order chi connectivity index (χ1) is 9.81. The molecule has 0 saturated heterocycles. The molecule has 2 aromatic rings. The number of nitrogens with zero attached hydrogens (tertiary/aromatic N) is 2. The summed E-state index contributed by atoms with van der Waals surface area (Å²) in [6, 6.07) is 15.8. The molecule has 0 aliphatic rings. The molecule has 1 aromatic heterocycles. The molecule has 102 valence electrons. The van der Waals surface area contributed by atoms with Crippen molar-refractivity contribution in [3.63, 3.8) is 0 Å². The Hall–Kier alpha value is -2.54. The van der Waals surface area contributed by atoms with E-state index in [4.69, 9.17) is 5.26 Å². The van der Waals surface area contributed by atoms with Gasteiger partial charge in [-0.1, -0.05) is 25.1 Å². The van der Waals surface area contributed by atoms with Crippen LogP contribution in [-0.4, -0.2) is 11.5 Å². The second kappa shape index (κ2) is 7.15. The monoisotopic (exact) mass is 266 g/mol. The van der Waals surface area contributed by atoms with Gasteiger partial charge in [-0.25, -0.2) is 4.98 Å². The number of pyridine rings is 1. The Kier molecular flexibility index (Phi) is 4.96. The molecule has 0 spiro atoms. The van der Waals surface area contributed by atoms with E-state index in [0.29, 0.717) is 6.42 Å². The van der Waals surface area contributed by atoms with Gasteiger partial charge >= 0.3 is 0 Å². The molecule has 2 rings (SSSR count). The number of aromatic nitrogens is 1. The normalized spacial score (nSPS) is 9.80. The molecule has 4 heteroatoms. The van der Waals surface area contributed by atoms with Gasteiger partial charge in [-0.3, -0.25) is 0 Å². The van der Waals surface area contributed by atoms with Gasteiger partial charge in [0, 0.05) is 12.2 Å². The highest BCUT2D eigenvalue weighted by molar-refractivity contribution is 5.58. The number of rotatable bonds is 6. The number of hydrogen-bond acceptors (Lipinski definition) is 4. The van der Waals surface area contributed by atoms with E-state index in [2.05, 4.69) is 28.6 Å². The Labute approximate surface area is 119 Å². The average Bonchev–Trinajstić information content (AvgIpc) is 2.48. The summed E-state index contributed by atoms with van der Waals surface area (Å²) in [6.45, 7) is 3.04. The fourth-order valence-electron chi connectivity index (χ4n) is 1.80. The summed E-state index contributed by atoms with van der Waals surface area (Å²) >= 11 is 0. The van der Waals surface area contributed by atoms with Gasteiger partial charge < -0.3 is 10.6 Å². The summed E-state index contributed by atoms with van der Waals surface area (Å²) in [5, 5.41) is 15.2. The molecule has 0 atom stereocenters. The zero-order valence-electron chi connectivity index (χ0n) is 11.6. The lowest BCUT2D eigenvalue weighted by Gasteiger charge is -2.09. The van der Waals surface area contributed by atoms with Crippen LogP contribution in [0.2, 0.25) is 0 Å². The van der Waals surface area contributed by atoms with E-state index >= 15 is 0 Å². The van der Waals surface area contributed by atoms with Gasteiger partial charge in [0.1, 0.15) is 11.6 Å². The van der Waals surface area contributed by atoms with E-state index < -0.39 is 0 Å². The predicted molar refractivity (Wildman–Crippen MR) is 82.1 cm³/mol. The van der Waals surface area contributed by atoms with Crippen molar-refractivity contribution in [3.8, 4) is 6.07 Å². The number of nitriles is 1. The summed E-state index contributed by atoms with van der Waals surface area (Å²) in [6.07, 6.45) is 1.51. The van der Waals surface area contributed by atoms with Gasteiger partial charge in [0.05, 0.1) is 12.5 Å². The molecule has 0 fully saturated rings. The first kappa shape index (κ1) is 13.9. The molecule has 1 heterocycles. The van der Waals surface area contributed by atoms with Gasteiger partial charge in [0.25, 0.3) is 0 Å². The smallest absolute Gasteiger partial charge is 0.132 e. The van der Waals surface area contributed by atoms with Gasteiger partial charge in [0.15, 0.2) is 0 Å². The van der Waals surface area contributed by atoms with E-state index in [1.54, 1.807) is 0 Å². The van der Waals surface area contributed by atoms with E-state index in [-0.39, 0.29) is 0 Å². The second-order valence-corrected chi connectivity index (χ2v) is 4.49. The molecular weight excluding hydrogens is 248 g/mol. The molecule has 0 aliphatic heterocycles. The maximum atomic E-state index is 8.64. The van der Waals surface area contributed by atoms with Crippen molar-refractivity contribution >= 4 is 17.3 Å². The fraction of sp³-hybridized carbons (Fsp3) is 0.250. The minimum atomic E-state index is 0.439. The van der Waals surface area contributed by atoms with Crippen LogP contribution in [0, 0.1) is 11.3 Å². The van der Waals surface area contributed by atoms with E-state index in [9.17, 15) is 0 Å². The summed E-state index contributed by atoms with van der Waals surface area (Å²) in [5.74, 6) is 1.68. The SMILES string of the molecule is CCCNc1cccc(Nc2ccc(CC#N)cc2)n1. The van der Waals surface area contributed by atoms with Gasteiger partial charge in [-0.2, -0.15) is 5.26 Å². The molecule has 1 aromatic carbocycles. The molecule has 0 aliphatic carbocycles. The molecular formula is C16H18N4. The van der Waals surface area contributed by atoms with Crippen molar-refractivity contribution in [2.75, 3.05) is 17.2 Å². The van der Waals surface area contributed by atoms with Crippen molar-refractivity contribution in [3.05, 3.63) is 48.0 Å². The average molecular weight is 266 g/mol. The second-order valence-electron chi connectivity index (χ2n) is 4.49. The molecule has 0 bridgehead atoms. The van der Waals surface area contributed by atoms with Gasteiger partial charge in [-0.15, -0.1) is 0 Å². The maximum absolute atomic E-state index is 8.64. The molecule has 2 N–H and O–H groups in total. The highest BCUT2D eigenvalue weighted by Gasteiger charge is 1.99. The minimum Gasteiger partial charge on any atom is -0.370 e. The zero-order chi connectivity index (χ0) is 14.2. The highest BCUT2D eigenvalue weighted by atomic mass is 15.1. The first-order valence-electron chi connectivity index (χ1n) is 6.75. The van der Waals surface area contributed by atoms with Crippen LogP contribution in [0.4, 0.5) is 17.3 Å². The molecule has 0 radical (unpaired) electrons. The lowest BCUT2D eigenvalue weighted by atomic mass is 10.1. The van der Waals surface area contributed by atoms with Crippen LogP contribution in [0.5, 0.6) is 0 Å². The van der Waals surface area contributed by atoms with E-state index in [1.165, 1.54) is 0 Å². The van der Waals surface area contributed by atoms with Crippen LogP contribution in [0.1, 0.15) is 18.9 Å². The number of benzene rings is 1. The van der Waals surface area contributed by atoms with Crippen LogP contribution < -0.4 is 10.6 Å². The maximum Gasteiger partial charge on any atom is 0.132 e. The number of anilines is 3. The van der Waals surface area contributed by atoms with Crippen molar-refractivity contribution in [2.45, 2.75) is 19.8 Å². The number of hydrogen-bond donors (Lipinski definition) is 2. The van der Waals surface area contributed by atoms with E-state index in [1.807, 2.05) is 42.5 Å². The first-order valence-corrected chi connectivity index (χ1v) is 6.75. The molecule has 0 saturated carbocycles. The summed E-state index contributed by atoms with van der Waals surface area (Å²) < 4.78 is 0. The third-order valence-electron chi connectivity index (χ3n) is 2.81. The van der Waals surface area contributed by atoms with Crippen LogP contribution in [0.25, 0.3) is 0 Å². The Bertz CT molecular complexity index is 584. The van der Waals surface area contributed by atoms with Crippen LogP contribution in [0.15, 0.2) is 42.5 Å². The van der Waals surface area contributed by atoms with Crippen LogP contribution in [0.3, 0.4) is 0 Å². The Balaban J connectivity index is 2.03. The Morgan fingerprint density at radius 3 is 2.55 bits per heavy atom. The molecule has 0 unspecified atom stereocenters.